The van der Waals surface area contributed by atoms with E-state index in [0.29, 0.717) is 12.0 Å². The van der Waals surface area contributed by atoms with Gasteiger partial charge >= 0.3 is 0 Å². The van der Waals surface area contributed by atoms with E-state index in [1.165, 1.54) is 11.1 Å². The van der Waals surface area contributed by atoms with Crippen LogP contribution in [0.5, 0.6) is 0 Å². The molecule has 0 spiro atoms. The summed E-state index contributed by atoms with van der Waals surface area (Å²) in [6.07, 6.45) is 6.56. The van der Waals surface area contributed by atoms with Crippen LogP contribution in [0.4, 0.5) is 11.6 Å². The Morgan fingerprint density at radius 1 is 1.19 bits per heavy atom. The summed E-state index contributed by atoms with van der Waals surface area (Å²) in [7, 11) is 6.09. The van der Waals surface area contributed by atoms with E-state index in [-0.39, 0.29) is 0 Å². The number of aryl methyl sites for hydroxylation is 1. The molecular weight excluding hydrogens is 338 g/mol. The topological polar surface area (TPSA) is 70.9 Å². The lowest BCUT2D eigenvalue weighted by Gasteiger charge is -2.17. The molecule has 1 aliphatic rings. The first-order chi connectivity index (χ1) is 13.1. The zero-order chi connectivity index (χ0) is 18.8. The van der Waals surface area contributed by atoms with Crippen LogP contribution in [-0.2, 0) is 13.6 Å². The number of fused-ring (bicyclic) bond motifs is 1. The Balaban J connectivity index is 1.64. The molecule has 7 heteroatoms. The maximum atomic E-state index is 4.69. The van der Waals surface area contributed by atoms with Crippen LogP contribution in [0.25, 0.3) is 11.3 Å². The van der Waals surface area contributed by atoms with Crippen molar-refractivity contribution in [3.8, 4) is 11.3 Å². The molecule has 140 valence electrons. The van der Waals surface area contributed by atoms with Gasteiger partial charge in [-0.3, -0.25) is 4.68 Å². The van der Waals surface area contributed by atoms with Gasteiger partial charge < -0.3 is 15.5 Å². The van der Waals surface area contributed by atoms with Gasteiger partial charge in [-0.25, -0.2) is 9.97 Å². The predicted octanol–water partition coefficient (Wildman–Crippen LogP) is 2.72. The van der Waals surface area contributed by atoms with Crippen molar-refractivity contribution in [1.29, 1.82) is 0 Å². The van der Waals surface area contributed by atoms with E-state index in [0.717, 1.165) is 36.5 Å². The van der Waals surface area contributed by atoms with Gasteiger partial charge in [0.2, 0.25) is 5.95 Å². The lowest BCUT2D eigenvalue weighted by molar-refractivity contribution is 0.320. The highest BCUT2D eigenvalue weighted by atomic mass is 15.3. The molecule has 0 radical (unpaired) electrons. The summed E-state index contributed by atoms with van der Waals surface area (Å²) in [5.41, 5.74) is 5.62. The number of anilines is 2. The van der Waals surface area contributed by atoms with Crippen molar-refractivity contribution in [2.75, 3.05) is 26.0 Å². The highest BCUT2D eigenvalue weighted by Gasteiger charge is 2.20. The fourth-order valence-electron chi connectivity index (χ4n) is 3.61. The van der Waals surface area contributed by atoms with Crippen molar-refractivity contribution in [1.82, 2.24) is 30.0 Å². The van der Waals surface area contributed by atoms with Crippen molar-refractivity contribution in [3.63, 3.8) is 0 Å². The highest BCUT2D eigenvalue weighted by molar-refractivity contribution is 5.63. The minimum atomic E-state index is 0.396. The van der Waals surface area contributed by atoms with Crippen LogP contribution < -0.4 is 10.6 Å². The van der Waals surface area contributed by atoms with E-state index in [4.69, 9.17) is 0 Å². The van der Waals surface area contributed by atoms with Crippen LogP contribution in [-0.4, -0.2) is 45.3 Å². The second kappa shape index (κ2) is 7.46. The summed E-state index contributed by atoms with van der Waals surface area (Å²) in [4.78, 5) is 11.4. The average molecular weight is 363 g/mol. The van der Waals surface area contributed by atoms with Crippen LogP contribution in [0.15, 0.2) is 42.9 Å². The Bertz CT molecular complexity index is 934. The molecular formula is C20H25N7. The number of nitrogens with zero attached hydrogens (tertiary/aromatic N) is 5. The SMILES string of the molecule is CNC1CCN(C)Cc2cc(-c3ccnc(Nc4cnn(C)c4)n3)ccc21. The fourth-order valence-corrected chi connectivity index (χ4v) is 3.61. The third kappa shape index (κ3) is 3.84. The monoisotopic (exact) mass is 363 g/mol. The molecule has 1 aliphatic heterocycles. The number of rotatable bonds is 4. The molecule has 7 nitrogen and oxygen atoms in total. The second-order valence-electron chi connectivity index (χ2n) is 7.07. The summed E-state index contributed by atoms with van der Waals surface area (Å²) < 4.78 is 1.74. The number of hydrogen-bond donors (Lipinski definition) is 2. The van der Waals surface area contributed by atoms with Crippen molar-refractivity contribution in [2.45, 2.75) is 19.0 Å². The Morgan fingerprint density at radius 2 is 2.07 bits per heavy atom. The van der Waals surface area contributed by atoms with E-state index in [1.54, 1.807) is 17.1 Å². The Kier molecular flexibility index (Phi) is 4.87. The highest BCUT2D eigenvalue weighted by Crippen LogP contribution is 2.30. The molecule has 0 fully saturated rings. The average Bonchev–Trinajstić information content (AvgIpc) is 3.00. The zero-order valence-electron chi connectivity index (χ0n) is 16.0. The van der Waals surface area contributed by atoms with Crippen molar-refractivity contribution in [2.24, 2.45) is 7.05 Å². The van der Waals surface area contributed by atoms with Gasteiger partial charge in [-0.1, -0.05) is 12.1 Å². The largest absolute Gasteiger partial charge is 0.321 e. The molecule has 0 bridgehead atoms. The van der Waals surface area contributed by atoms with E-state index in [1.807, 2.05) is 26.4 Å². The molecule has 2 N–H and O–H groups in total. The van der Waals surface area contributed by atoms with Gasteiger partial charge in [-0.15, -0.1) is 0 Å². The summed E-state index contributed by atoms with van der Waals surface area (Å²) >= 11 is 0. The normalized spacial score (nSPS) is 17.4. The lowest BCUT2D eigenvalue weighted by Crippen LogP contribution is -2.20. The molecule has 0 aliphatic carbocycles. The van der Waals surface area contributed by atoms with Crippen LogP contribution in [0, 0.1) is 0 Å². The molecule has 1 aromatic carbocycles. The number of aromatic nitrogens is 4. The fraction of sp³-hybridized carbons (Fsp3) is 0.350. The van der Waals surface area contributed by atoms with Gasteiger partial charge in [0, 0.05) is 37.6 Å². The van der Waals surface area contributed by atoms with E-state index in [9.17, 15) is 0 Å². The first kappa shape index (κ1) is 17.6. The Morgan fingerprint density at radius 3 is 2.85 bits per heavy atom. The third-order valence-electron chi connectivity index (χ3n) is 5.02. The number of benzene rings is 1. The van der Waals surface area contributed by atoms with Gasteiger partial charge in [0.15, 0.2) is 0 Å². The second-order valence-corrected chi connectivity index (χ2v) is 7.07. The van der Waals surface area contributed by atoms with Gasteiger partial charge in [0.25, 0.3) is 0 Å². The summed E-state index contributed by atoms with van der Waals surface area (Å²) in [6, 6.07) is 9.00. The summed E-state index contributed by atoms with van der Waals surface area (Å²) in [5, 5.41) is 10.8. The minimum Gasteiger partial charge on any atom is -0.321 e. The molecule has 27 heavy (non-hydrogen) atoms. The van der Waals surface area contributed by atoms with Gasteiger partial charge in [0.1, 0.15) is 0 Å². The van der Waals surface area contributed by atoms with E-state index >= 15 is 0 Å². The van der Waals surface area contributed by atoms with Crippen LogP contribution in [0.1, 0.15) is 23.6 Å². The lowest BCUT2D eigenvalue weighted by atomic mass is 9.96. The van der Waals surface area contributed by atoms with Crippen molar-refractivity contribution < 1.29 is 0 Å². The maximum absolute atomic E-state index is 4.69. The smallest absolute Gasteiger partial charge is 0.227 e. The molecule has 0 amide bonds. The van der Waals surface area contributed by atoms with Gasteiger partial charge in [-0.05, 0) is 50.3 Å². The van der Waals surface area contributed by atoms with Crippen LogP contribution in [0.2, 0.25) is 0 Å². The molecule has 4 rings (SSSR count). The zero-order valence-corrected chi connectivity index (χ0v) is 16.0. The summed E-state index contributed by atoms with van der Waals surface area (Å²) in [6.45, 7) is 2.04. The van der Waals surface area contributed by atoms with Crippen molar-refractivity contribution in [3.05, 3.63) is 54.0 Å². The maximum Gasteiger partial charge on any atom is 0.227 e. The molecule has 3 heterocycles. The Labute approximate surface area is 159 Å². The Hall–Kier alpha value is -2.77. The van der Waals surface area contributed by atoms with E-state index in [2.05, 4.69) is 55.8 Å². The molecule has 3 aromatic rings. The summed E-state index contributed by atoms with van der Waals surface area (Å²) in [5.74, 6) is 0.570. The first-order valence-corrected chi connectivity index (χ1v) is 9.20. The van der Waals surface area contributed by atoms with Crippen LogP contribution in [0.3, 0.4) is 0 Å². The standard InChI is InChI=1S/C20H25N7/c1-21-19-7-9-26(2)12-15-10-14(4-5-17(15)19)18-6-8-22-20(25-18)24-16-11-23-27(3)13-16/h4-6,8,10-11,13,19,21H,7,9,12H2,1-3H3,(H,22,24,25). The molecule has 0 saturated carbocycles. The molecule has 1 atom stereocenters. The number of hydrogen-bond acceptors (Lipinski definition) is 6. The van der Waals surface area contributed by atoms with Gasteiger partial charge in [0.05, 0.1) is 17.6 Å². The van der Waals surface area contributed by atoms with Crippen LogP contribution >= 0.6 is 0 Å². The van der Waals surface area contributed by atoms with E-state index < -0.39 is 0 Å². The molecule has 1 unspecified atom stereocenters. The number of nitrogens with one attached hydrogen (secondary N) is 2. The molecule has 2 aromatic heterocycles. The minimum absolute atomic E-state index is 0.396. The predicted molar refractivity (Wildman–Crippen MR) is 107 cm³/mol. The first-order valence-electron chi connectivity index (χ1n) is 9.20. The van der Waals surface area contributed by atoms with Crippen molar-refractivity contribution >= 4 is 11.6 Å². The van der Waals surface area contributed by atoms with Gasteiger partial charge in [-0.2, -0.15) is 5.10 Å². The quantitative estimate of drug-likeness (QED) is 0.743. The molecule has 0 saturated heterocycles. The third-order valence-corrected chi connectivity index (χ3v) is 5.02.